The van der Waals surface area contributed by atoms with Crippen molar-refractivity contribution in [1.29, 1.82) is 0 Å². The molecule has 3 aromatic rings. The van der Waals surface area contributed by atoms with Crippen molar-refractivity contribution in [3.05, 3.63) is 41.3 Å². The number of anilines is 1. The van der Waals surface area contributed by atoms with Crippen molar-refractivity contribution in [3.8, 4) is 23.1 Å². The average molecular weight is 468 g/mol. The number of pyridine rings is 1. The molecule has 0 radical (unpaired) electrons. The molecule has 2 N–H and O–H groups in total. The van der Waals surface area contributed by atoms with Crippen LogP contribution in [-0.2, 0) is 11.3 Å². The highest BCUT2D eigenvalue weighted by Crippen LogP contribution is 2.31. The van der Waals surface area contributed by atoms with Crippen LogP contribution in [-0.4, -0.2) is 43.9 Å². The predicted molar refractivity (Wildman–Crippen MR) is 124 cm³/mol. The highest BCUT2D eigenvalue weighted by atomic mass is 16.5. The van der Waals surface area contributed by atoms with E-state index in [1.165, 1.54) is 0 Å². The highest BCUT2D eigenvalue weighted by Gasteiger charge is 2.28. The van der Waals surface area contributed by atoms with Gasteiger partial charge in [0.25, 0.3) is 0 Å². The molecule has 0 aliphatic heterocycles. The van der Waals surface area contributed by atoms with Gasteiger partial charge < -0.3 is 24.4 Å². The summed E-state index contributed by atoms with van der Waals surface area (Å²) in [5.41, 5.74) is 2.93. The fraction of sp³-hybridized carbons (Fsp3) is 0.458. The maximum absolute atomic E-state index is 11.3. The molecule has 4 rings (SSSR count). The van der Waals surface area contributed by atoms with E-state index in [0.29, 0.717) is 60.7 Å². The third-order valence-corrected chi connectivity index (χ3v) is 5.87. The molecule has 10 heteroatoms. The minimum absolute atomic E-state index is 0.124. The molecule has 1 aliphatic carbocycles. The van der Waals surface area contributed by atoms with Crippen LogP contribution in [0, 0.1) is 19.8 Å². The zero-order valence-corrected chi connectivity index (χ0v) is 19.6. The second-order valence-corrected chi connectivity index (χ2v) is 8.30. The maximum Gasteiger partial charge on any atom is 0.306 e. The van der Waals surface area contributed by atoms with Crippen LogP contribution in [0.1, 0.15) is 49.6 Å². The first-order valence-electron chi connectivity index (χ1n) is 11.5. The van der Waals surface area contributed by atoms with Gasteiger partial charge in [0.1, 0.15) is 11.4 Å². The fourth-order valence-electron chi connectivity index (χ4n) is 4.08. The number of nitrogens with one attached hydrogen (secondary N) is 1. The molecular weight excluding hydrogens is 438 g/mol. The van der Waals surface area contributed by atoms with E-state index in [-0.39, 0.29) is 12.0 Å². The highest BCUT2D eigenvalue weighted by molar-refractivity contribution is 5.70. The molecular formula is C24H29N5O5. The summed E-state index contributed by atoms with van der Waals surface area (Å²) in [6.07, 6.45) is 4.41. The van der Waals surface area contributed by atoms with Gasteiger partial charge in [-0.3, -0.25) is 4.79 Å². The molecule has 0 unspecified atom stereocenters. The molecule has 1 aliphatic rings. The van der Waals surface area contributed by atoms with Crippen LogP contribution in [0.5, 0.6) is 11.6 Å². The summed E-state index contributed by atoms with van der Waals surface area (Å²) in [5.74, 6) is 1.05. The molecule has 1 fully saturated rings. The van der Waals surface area contributed by atoms with E-state index >= 15 is 0 Å². The monoisotopic (exact) mass is 467 g/mol. The Hall–Kier alpha value is -3.69. The summed E-state index contributed by atoms with van der Waals surface area (Å²) in [6, 6.07) is 5.39. The van der Waals surface area contributed by atoms with Gasteiger partial charge in [-0.05, 0) is 58.6 Å². The molecule has 180 valence electrons. The smallest absolute Gasteiger partial charge is 0.306 e. The van der Waals surface area contributed by atoms with Crippen molar-refractivity contribution in [1.82, 2.24) is 20.1 Å². The molecule has 10 nitrogen and oxygen atoms in total. The van der Waals surface area contributed by atoms with E-state index in [1.54, 1.807) is 12.3 Å². The van der Waals surface area contributed by atoms with Gasteiger partial charge >= 0.3 is 5.97 Å². The topological polar surface area (TPSA) is 132 Å². The molecule has 0 amide bonds. The van der Waals surface area contributed by atoms with Crippen molar-refractivity contribution in [2.45, 2.75) is 59.1 Å². The largest absolute Gasteiger partial charge is 0.489 e. The van der Waals surface area contributed by atoms with Gasteiger partial charge in [-0.25, -0.2) is 9.97 Å². The van der Waals surface area contributed by atoms with Crippen LogP contribution in [0.25, 0.3) is 11.5 Å². The lowest BCUT2D eigenvalue weighted by atomic mass is 9.87. The van der Waals surface area contributed by atoms with Gasteiger partial charge in [0, 0.05) is 24.4 Å². The van der Waals surface area contributed by atoms with Crippen molar-refractivity contribution < 1.29 is 23.9 Å². The predicted octanol–water partition coefficient (Wildman–Crippen LogP) is 4.18. The van der Waals surface area contributed by atoms with Crippen LogP contribution in [0.3, 0.4) is 0 Å². The van der Waals surface area contributed by atoms with Gasteiger partial charge in [0.2, 0.25) is 11.8 Å². The molecule has 2 atom stereocenters. The zero-order valence-electron chi connectivity index (χ0n) is 19.6. The average Bonchev–Trinajstić information content (AvgIpc) is 3.20. The molecule has 3 heterocycles. The maximum atomic E-state index is 11.3. The third kappa shape index (κ3) is 5.44. The number of carbonyl (C=O) groups is 1. The number of hydrogen-bond acceptors (Lipinski definition) is 9. The number of ether oxygens (including phenoxy) is 2. The lowest BCUT2D eigenvalue weighted by Crippen LogP contribution is -2.29. The minimum Gasteiger partial charge on any atom is -0.489 e. The molecule has 0 bridgehead atoms. The van der Waals surface area contributed by atoms with E-state index < -0.39 is 5.97 Å². The van der Waals surface area contributed by atoms with Crippen molar-refractivity contribution >= 4 is 11.9 Å². The normalized spacial score (nSPS) is 17.9. The van der Waals surface area contributed by atoms with Crippen molar-refractivity contribution in [2.75, 3.05) is 11.9 Å². The van der Waals surface area contributed by atoms with E-state index in [4.69, 9.17) is 14.0 Å². The first-order chi connectivity index (χ1) is 16.4. The number of carboxylic acids is 1. The summed E-state index contributed by atoms with van der Waals surface area (Å²) in [4.78, 5) is 24.6. The summed E-state index contributed by atoms with van der Waals surface area (Å²) < 4.78 is 17.1. The number of aryl methyl sites for hydroxylation is 2. The van der Waals surface area contributed by atoms with Crippen LogP contribution >= 0.6 is 0 Å². The van der Waals surface area contributed by atoms with E-state index in [9.17, 15) is 9.90 Å². The molecule has 3 aromatic heterocycles. The molecule has 0 spiro atoms. The fourth-order valence-corrected chi connectivity index (χ4v) is 4.08. The summed E-state index contributed by atoms with van der Waals surface area (Å²) >= 11 is 0. The van der Waals surface area contributed by atoms with E-state index in [1.807, 2.05) is 32.9 Å². The van der Waals surface area contributed by atoms with Crippen LogP contribution < -0.4 is 14.8 Å². The Morgan fingerprint density at radius 2 is 2.06 bits per heavy atom. The van der Waals surface area contributed by atoms with Gasteiger partial charge in [-0.1, -0.05) is 5.16 Å². The number of aromatic nitrogens is 4. The van der Waals surface area contributed by atoms with Crippen molar-refractivity contribution in [2.24, 2.45) is 5.92 Å². The lowest BCUT2D eigenvalue weighted by Gasteiger charge is -2.27. The number of nitrogens with zero attached hydrogens (tertiary/aromatic N) is 4. The Labute approximate surface area is 197 Å². The van der Waals surface area contributed by atoms with Crippen molar-refractivity contribution in [3.63, 3.8) is 0 Å². The van der Waals surface area contributed by atoms with E-state index in [0.717, 1.165) is 24.1 Å². The number of aliphatic carboxylic acids is 1. The Kier molecular flexibility index (Phi) is 7.24. The van der Waals surface area contributed by atoms with Crippen LogP contribution in [0.4, 0.5) is 5.95 Å². The summed E-state index contributed by atoms with van der Waals surface area (Å²) in [7, 11) is 0. The Balaban J connectivity index is 1.47. The van der Waals surface area contributed by atoms with Crippen LogP contribution in [0.2, 0.25) is 0 Å². The molecule has 1 saturated carbocycles. The van der Waals surface area contributed by atoms with Gasteiger partial charge in [0.15, 0.2) is 5.76 Å². The van der Waals surface area contributed by atoms with Gasteiger partial charge in [-0.2, -0.15) is 4.98 Å². The number of hydrogen-bond donors (Lipinski definition) is 2. The Morgan fingerprint density at radius 1 is 1.21 bits per heavy atom. The first-order valence-corrected chi connectivity index (χ1v) is 11.5. The quantitative estimate of drug-likeness (QED) is 0.472. The summed E-state index contributed by atoms with van der Waals surface area (Å²) in [6.45, 7) is 6.56. The van der Waals surface area contributed by atoms with Gasteiger partial charge in [-0.15, -0.1) is 0 Å². The zero-order chi connectivity index (χ0) is 24.1. The lowest BCUT2D eigenvalue weighted by molar-refractivity contribution is -0.143. The van der Waals surface area contributed by atoms with Gasteiger partial charge in [0.05, 0.1) is 30.0 Å². The molecule has 34 heavy (non-hydrogen) atoms. The molecule has 0 aromatic carbocycles. The Morgan fingerprint density at radius 3 is 2.82 bits per heavy atom. The third-order valence-electron chi connectivity index (χ3n) is 5.87. The standard InChI is InChI=1S/C24H29N5O5/c1-4-32-21-10-11-25-24(28-21)26-13-18-14(2)29-34-22(18)19-8-9-20(15(3)27-19)33-17-7-5-6-16(12-17)23(30)31/h8-11,16-17H,4-7,12-13H2,1-3H3,(H,30,31)(H,25,26,28)/t16-,17-/m0/s1. The SMILES string of the molecule is CCOc1ccnc(NCc2c(C)noc2-c2ccc(O[C@H]3CCC[C@H](C(=O)O)C3)c(C)n2)n1. The number of carboxylic acid groups (broad SMARTS) is 1. The summed E-state index contributed by atoms with van der Waals surface area (Å²) in [5, 5.41) is 16.6. The van der Waals surface area contributed by atoms with E-state index in [2.05, 4.69) is 25.4 Å². The minimum atomic E-state index is -0.754. The molecule has 0 saturated heterocycles. The second-order valence-electron chi connectivity index (χ2n) is 8.30. The first kappa shape index (κ1) is 23.5. The second kappa shape index (κ2) is 10.5. The number of rotatable bonds is 9. The Bertz CT molecular complexity index is 1150. The van der Waals surface area contributed by atoms with Crippen LogP contribution in [0.15, 0.2) is 28.9 Å².